The Hall–Kier alpha value is -4.35. The molecule has 3 aromatic carbocycles. The molecule has 2 amide bonds. The summed E-state index contributed by atoms with van der Waals surface area (Å²) in [7, 11) is 0. The van der Waals surface area contributed by atoms with Crippen LogP contribution in [0, 0.1) is 5.41 Å². The Morgan fingerprint density at radius 2 is 1.49 bits per heavy atom. The molecule has 3 rings (SSSR count). The number of carboxylic acids is 1. The van der Waals surface area contributed by atoms with E-state index in [1.165, 1.54) is 18.2 Å². The lowest BCUT2D eigenvalue weighted by molar-refractivity contribution is -0.138. The minimum absolute atomic E-state index is 0.0666. The fraction of sp³-hybridized carbons (Fsp3) is 0.267. The second kappa shape index (κ2) is 16.0. The molecule has 8 N–H and O–H groups in total. The lowest BCUT2D eigenvalue weighted by atomic mass is 10.0. The van der Waals surface area contributed by atoms with Crippen molar-refractivity contribution in [3.05, 3.63) is 95.1 Å². The van der Waals surface area contributed by atoms with Crippen molar-refractivity contribution in [3.8, 4) is 5.75 Å². The summed E-state index contributed by atoms with van der Waals surface area (Å²) >= 11 is 1.35. The number of carbonyl (C=O) groups excluding carboxylic acids is 2. The minimum Gasteiger partial charge on any atom is -0.508 e. The van der Waals surface area contributed by atoms with Crippen molar-refractivity contribution in [1.82, 2.24) is 15.4 Å². The Morgan fingerprint density at radius 1 is 0.854 bits per heavy atom. The van der Waals surface area contributed by atoms with E-state index in [1.807, 2.05) is 12.1 Å². The summed E-state index contributed by atoms with van der Waals surface area (Å²) < 4.78 is 3.20. The van der Waals surface area contributed by atoms with Gasteiger partial charge in [0.1, 0.15) is 11.8 Å². The maximum absolute atomic E-state index is 13.4. The molecule has 0 saturated heterocycles. The van der Waals surface area contributed by atoms with Crippen LogP contribution in [0.2, 0.25) is 0 Å². The molecule has 0 radical (unpaired) electrons. The van der Waals surface area contributed by atoms with Crippen molar-refractivity contribution in [2.24, 2.45) is 0 Å². The number of carboxylic acid groups (broad SMARTS) is 1. The molecule has 0 aliphatic heterocycles. The second-order valence-corrected chi connectivity index (χ2v) is 10.3. The van der Waals surface area contributed by atoms with E-state index in [9.17, 15) is 24.6 Å². The van der Waals surface area contributed by atoms with Crippen molar-refractivity contribution in [2.45, 2.75) is 50.1 Å². The zero-order chi connectivity index (χ0) is 29.6. The van der Waals surface area contributed by atoms with E-state index >= 15 is 0 Å². The van der Waals surface area contributed by atoms with E-state index in [2.05, 4.69) is 15.4 Å². The molecule has 0 aromatic heterocycles. The van der Waals surface area contributed by atoms with E-state index < -0.39 is 29.9 Å². The highest BCUT2D eigenvalue weighted by Gasteiger charge is 2.26. The smallest absolute Gasteiger partial charge is 0.303 e. The van der Waals surface area contributed by atoms with E-state index in [0.29, 0.717) is 24.3 Å². The van der Waals surface area contributed by atoms with Crippen LogP contribution in [0.3, 0.4) is 0 Å². The van der Waals surface area contributed by atoms with Crippen LogP contribution in [0.5, 0.6) is 5.75 Å². The Kier molecular flexibility index (Phi) is 12.2. The normalized spacial score (nSPS) is 12.2. The Balaban J connectivity index is 1.66. The number of nitrogen functional groups attached to an aromatic ring is 1. The van der Waals surface area contributed by atoms with Crippen molar-refractivity contribution < 1.29 is 24.6 Å². The van der Waals surface area contributed by atoms with Crippen LogP contribution in [0.1, 0.15) is 41.5 Å². The van der Waals surface area contributed by atoms with Gasteiger partial charge in [0.2, 0.25) is 11.8 Å². The van der Waals surface area contributed by atoms with Gasteiger partial charge in [-0.1, -0.05) is 60.5 Å². The molecule has 10 nitrogen and oxygen atoms in total. The zero-order valence-corrected chi connectivity index (χ0v) is 23.3. The van der Waals surface area contributed by atoms with Gasteiger partial charge in [-0.15, -0.1) is 0 Å². The monoisotopic (exact) mass is 577 g/mol. The van der Waals surface area contributed by atoms with Gasteiger partial charge >= 0.3 is 5.97 Å². The summed E-state index contributed by atoms with van der Waals surface area (Å²) in [6.07, 6.45) is 1.80. The average molecular weight is 578 g/mol. The molecule has 0 saturated carbocycles. The lowest BCUT2D eigenvalue weighted by Crippen LogP contribution is -2.52. The van der Waals surface area contributed by atoms with Crippen LogP contribution in [0.15, 0.2) is 72.8 Å². The summed E-state index contributed by atoms with van der Waals surface area (Å²) in [5.74, 6) is -1.25. The molecule has 0 aliphatic carbocycles. The number of carbonyl (C=O) groups is 3. The highest BCUT2D eigenvalue weighted by Crippen LogP contribution is 2.16. The Bertz CT molecular complexity index is 1300. The molecule has 0 aliphatic rings. The van der Waals surface area contributed by atoms with Crippen LogP contribution in [0.25, 0.3) is 0 Å². The first-order chi connectivity index (χ1) is 19.7. The van der Waals surface area contributed by atoms with Crippen molar-refractivity contribution in [3.63, 3.8) is 0 Å². The Morgan fingerprint density at radius 3 is 2.12 bits per heavy atom. The topological polar surface area (TPSA) is 178 Å². The number of phenols is 1. The number of phenolic OH excluding ortho intramolecular Hbond substituents is 1. The third-order valence-corrected chi connectivity index (χ3v) is 7.24. The van der Waals surface area contributed by atoms with E-state index in [0.717, 1.165) is 22.3 Å². The first-order valence-corrected chi connectivity index (χ1v) is 14.1. The van der Waals surface area contributed by atoms with Gasteiger partial charge in [0, 0.05) is 30.6 Å². The molecule has 11 heteroatoms. The molecule has 2 unspecified atom stereocenters. The molecule has 216 valence electrons. The number of hydrogen-bond acceptors (Lipinski definition) is 8. The average Bonchev–Trinajstić information content (AvgIpc) is 2.97. The number of aromatic hydroxyl groups is 1. The number of nitrogens with one attached hydrogen (secondary N) is 4. The van der Waals surface area contributed by atoms with Crippen molar-refractivity contribution in [2.75, 3.05) is 5.73 Å². The van der Waals surface area contributed by atoms with E-state index in [4.69, 9.17) is 11.1 Å². The highest BCUT2D eigenvalue weighted by molar-refractivity contribution is 7.96. The maximum Gasteiger partial charge on any atom is 0.303 e. The van der Waals surface area contributed by atoms with Crippen molar-refractivity contribution >= 4 is 41.6 Å². The molecule has 3 aromatic rings. The van der Waals surface area contributed by atoms with Gasteiger partial charge < -0.3 is 32.0 Å². The second-order valence-electron chi connectivity index (χ2n) is 9.50. The van der Waals surface area contributed by atoms with Gasteiger partial charge in [0.25, 0.3) is 0 Å². The molecule has 2 atom stereocenters. The van der Waals surface area contributed by atoms with Gasteiger partial charge in [-0.3, -0.25) is 19.1 Å². The molecule has 0 bridgehead atoms. The minimum atomic E-state index is -1.07. The van der Waals surface area contributed by atoms with Crippen LogP contribution >= 0.6 is 11.9 Å². The van der Waals surface area contributed by atoms with Crippen LogP contribution in [-0.4, -0.2) is 46.3 Å². The number of amides is 2. The number of hydrogen-bond donors (Lipinski definition) is 7. The third kappa shape index (κ3) is 11.0. The maximum atomic E-state index is 13.4. The van der Waals surface area contributed by atoms with E-state index in [-0.39, 0.29) is 25.1 Å². The van der Waals surface area contributed by atoms with Crippen molar-refractivity contribution in [1.29, 1.82) is 5.41 Å². The predicted molar refractivity (Wildman–Crippen MR) is 160 cm³/mol. The number of benzene rings is 3. The molecular formula is C30H35N5O5S. The molecule has 0 heterocycles. The highest BCUT2D eigenvalue weighted by atomic mass is 32.2. The third-order valence-electron chi connectivity index (χ3n) is 6.31. The number of aliphatic carboxylic acids is 1. The largest absolute Gasteiger partial charge is 0.508 e. The predicted octanol–water partition coefficient (Wildman–Crippen LogP) is 3.38. The first-order valence-electron chi connectivity index (χ1n) is 13.1. The summed E-state index contributed by atoms with van der Waals surface area (Å²) in [5.41, 5.74) is 9.90. The molecular weight excluding hydrogens is 542 g/mol. The standard InChI is InChI=1S/C30H35N5O5S/c31-17-21-1-3-22(4-2-21)18-33-29(39)26(15-16-28(37)38)34-30(40)27(14-9-20-7-12-25(36)13-8-20)35-41-19-23-5-10-24(32)11-6-23/h1-8,10-13,17,26-27,31,35-36H,9,14-16,18-19,32H2,(H,33,39)(H,34,40)(H,37,38). The summed E-state index contributed by atoms with van der Waals surface area (Å²) in [6, 6.07) is 19.5. The van der Waals surface area contributed by atoms with Gasteiger partial charge in [0.05, 0.1) is 6.04 Å². The number of anilines is 1. The summed E-state index contributed by atoms with van der Waals surface area (Å²) in [6.45, 7) is 0.191. The van der Waals surface area contributed by atoms with Crippen LogP contribution < -0.4 is 21.1 Å². The quantitative estimate of drug-likeness (QED) is 0.0769. The van der Waals surface area contributed by atoms with Gasteiger partial charge in [-0.05, 0) is 65.8 Å². The first kappa shape index (κ1) is 31.2. The van der Waals surface area contributed by atoms with Crippen LogP contribution in [0.4, 0.5) is 5.69 Å². The van der Waals surface area contributed by atoms with Crippen LogP contribution in [-0.2, 0) is 33.1 Å². The molecule has 0 fully saturated rings. The van der Waals surface area contributed by atoms with Gasteiger partial charge in [-0.25, -0.2) is 0 Å². The van der Waals surface area contributed by atoms with E-state index in [1.54, 1.807) is 60.7 Å². The fourth-order valence-corrected chi connectivity index (χ4v) is 4.78. The molecule has 0 spiro atoms. The number of aryl methyl sites for hydroxylation is 1. The van der Waals surface area contributed by atoms with Gasteiger partial charge in [0.15, 0.2) is 0 Å². The SMILES string of the molecule is N=Cc1ccc(CNC(=O)C(CCC(=O)O)NC(=O)C(CCc2ccc(O)cc2)NSCc2ccc(N)cc2)cc1. The fourth-order valence-electron chi connectivity index (χ4n) is 3.91. The Labute approximate surface area is 243 Å². The molecule has 41 heavy (non-hydrogen) atoms. The number of rotatable bonds is 16. The lowest BCUT2D eigenvalue weighted by Gasteiger charge is -2.23. The summed E-state index contributed by atoms with van der Waals surface area (Å²) in [4.78, 5) is 37.7. The number of nitrogens with two attached hydrogens (primary N) is 1. The summed E-state index contributed by atoms with van der Waals surface area (Å²) in [5, 5.41) is 31.6. The van der Waals surface area contributed by atoms with Gasteiger partial charge in [-0.2, -0.15) is 0 Å². The zero-order valence-electron chi connectivity index (χ0n) is 22.5.